The van der Waals surface area contributed by atoms with Crippen LogP contribution >= 0.6 is 0 Å². The quantitative estimate of drug-likeness (QED) is 0.516. The SMILES string of the molecule is N=S1(=O)CCN(c2ccc(-c3cn(-c4ncccc4F)nc3[C@@H]3CC(F)(F)CC[C@H]3C(N)=O)cc2)CC1. The van der Waals surface area contributed by atoms with Gasteiger partial charge in [-0.3, -0.25) is 9.57 Å². The van der Waals surface area contributed by atoms with Gasteiger partial charge in [-0.1, -0.05) is 12.1 Å². The molecule has 1 aliphatic carbocycles. The minimum Gasteiger partial charge on any atom is -0.370 e. The van der Waals surface area contributed by atoms with Crippen molar-refractivity contribution >= 4 is 21.3 Å². The number of nitrogens with zero attached hydrogens (tertiary/aromatic N) is 4. The highest BCUT2D eigenvalue weighted by Crippen LogP contribution is 2.47. The summed E-state index contributed by atoms with van der Waals surface area (Å²) < 4.78 is 64.6. The molecule has 3 heterocycles. The number of carbonyl (C=O) groups excluding carboxylic acids is 1. The highest BCUT2D eigenvalue weighted by Gasteiger charge is 2.46. The maximum atomic E-state index is 14.5. The van der Waals surface area contributed by atoms with Crippen LogP contribution in [0.5, 0.6) is 0 Å². The highest BCUT2D eigenvalue weighted by atomic mass is 32.2. The molecule has 12 heteroatoms. The Hall–Kier alpha value is -3.41. The highest BCUT2D eigenvalue weighted by molar-refractivity contribution is 7.92. The Bertz CT molecular complexity index is 1410. The van der Waals surface area contributed by atoms with E-state index >= 15 is 0 Å². The number of anilines is 1. The second kappa shape index (κ2) is 9.47. The lowest BCUT2D eigenvalue weighted by molar-refractivity contribution is -0.127. The first-order valence-electron chi connectivity index (χ1n) is 12.0. The van der Waals surface area contributed by atoms with Crippen molar-refractivity contribution in [2.24, 2.45) is 11.7 Å². The van der Waals surface area contributed by atoms with Crippen LogP contribution in [0.4, 0.5) is 18.9 Å². The van der Waals surface area contributed by atoms with Crippen LogP contribution in [0.1, 0.15) is 30.9 Å². The number of hydrogen-bond acceptors (Lipinski definition) is 6. The van der Waals surface area contributed by atoms with Gasteiger partial charge in [-0.25, -0.2) is 27.0 Å². The fraction of sp³-hybridized carbons (Fsp3) is 0.400. The molecule has 2 aromatic heterocycles. The minimum atomic E-state index is -2.98. The maximum absolute atomic E-state index is 14.5. The van der Waals surface area contributed by atoms with Crippen molar-refractivity contribution < 1.29 is 22.2 Å². The van der Waals surface area contributed by atoms with Crippen molar-refractivity contribution in [2.75, 3.05) is 29.5 Å². The standard InChI is InChI=1S/C25H27F3N6O2S/c26-21-2-1-9-31-24(21)34-15-20(22(32-34)19-14-25(27,28)8-7-18(19)23(29)35)16-3-5-17(6-4-16)33-10-12-37(30,36)13-11-33/h1-6,9,15,18-19,30H,7-8,10-14H2,(H2,29,35)/t18-,19-/m1/s1. The van der Waals surface area contributed by atoms with Crippen LogP contribution in [0.25, 0.3) is 16.9 Å². The van der Waals surface area contributed by atoms with Crippen LogP contribution in [-0.2, 0) is 14.5 Å². The molecule has 0 radical (unpaired) electrons. The molecular weight excluding hydrogens is 505 g/mol. The zero-order valence-corrected chi connectivity index (χ0v) is 20.8. The number of alkyl halides is 2. The number of nitrogens with two attached hydrogens (primary N) is 1. The minimum absolute atomic E-state index is 0.0651. The van der Waals surface area contributed by atoms with E-state index in [1.807, 2.05) is 29.2 Å². The third-order valence-electron chi connectivity index (χ3n) is 7.17. The van der Waals surface area contributed by atoms with Gasteiger partial charge < -0.3 is 10.6 Å². The topological polar surface area (TPSA) is 118 Å². The number of hydrogen-bond donors (Lipinski definition) is 2. The summed E-state index contributed by atoms with van der Waals surface area (Å²) in [5.41, 5.74) is 7.86. The van der Waals surface area contributed by atoms with Crippen molar-refractivity contribution in [3.8, 4) is 16.9 Å². The number of aromatic nitrogens is 3. The van der Waals surface area contributed by atoms with Crippen molar-refractivity contribution in [2.45, 2.75) is 31.1 Å². The maximum Gasteiger partial charge on any atom is 0.248 e. The Kier molecular flexibility index (Phi) is 6.47. The monoisotopic (exact) mass is 532 g/mol. The van der Waals surface area contributed by atoms with Crippen LogP contribution in [0, 0.1) is 16.5 Å². The first-order chi connectivity index (χ1) is 17.5. The van der Waals surface area contributed by atoms with Gasteiger partial charge in [0, 0.05) is 82.6 Å². The van der Waals surface area contributed by atoms with Crippen LogP contribution in [0.2, 0.25) is 0 Å². The third-order valence-corrected chi connectivity index (χ3v) is 8.85. The van der Waals surface area contributed by atoms with E-state index in [0.717, 1.165) is 5.69 Å². The number of nitrogens with one attached hydrogen (secondary N) is 1. The summed E-state index contributed by atoms with van der Waals surface area (Å²) in [5.74, 6) is -5.55. The Morgan fingerprint density at radius 3 is 2.51 bits per heavy atom. The molecule has 5 rings (SSSR count). The summed E-state index contributed by atoms with van der Waals surface area (Å²) in [4.78, 5) is 18.3. The van der Waals surface area contributed by atoms with Gasteiger partial charge in [0.25, 0.3) is 0 Å². The van der Waals surface area contributed by atoms with E-state index < -0.39 is 52.1 Å². The van der Waals surface area contributed by atoms with Gasteiger partial charge in [0.2, 0.25) is 11.8 Å². The molecule has 8 nitrogen and oxygen atoms in total. The first-order valence-corrected chi connectivity index (χ1v) is 13.9. The van der Waals surface area contributed by atoms with Gasteiger partial charge in [0.1, 0.15) is 0 Å². The summed E-state index contributed by atoms with van der Waals surface area (Å²) in [6.07, 6.45) is 1.86. The second-order valence-corrected chi connectivity index (χ2v) is 12.1. The Balaban J connectivity index is 1.56. The molecule has 196 valence electrons. The van der Waals surface area contributed by atoms with Crippen LogP contribution < -0.4 is 10.6 Å². The van der Waals surface area contributed by atoms with E-state index in [0.29, 0.717) is 35.7 Å². The smallest absolute Gasteiger partial charge is 0.248 e. The van der Waals surface area contributed by atoms with Crippen molar-refractivity contribution in [1.29, 1.82) is 4.78 Å². The van der Waals surface area contributed by atoms with E-state index in [9.17, 15) is 22.2 Å². The van der Waals surface area contributed by atoms with E-state index in [4.69, 9.17) is 10.5 Å². The average Bonchev–Trinajstić information content (AvgIpc) is 3.29. The fourth-order valence-electron chi connectivity index (χ4n) is 5.14. The van der Waals surface area contributed by atoms with Crippen molar-refractivity contribution in [1.82, 2.24) is 14.8 Å². The van der Waals surface area contributed by atoms with Gasteiger partial charge in [0.05, 0.1) is 5.69 Å². The molecule has 0 unspecified atom stereocenters. The van der Waals surface area contributed by atoms with Crippen LogP contribution in [0.15, 0.2) is 48.8 Å². The van der Waals surface area contributed by atoms with Crippen LogP contribution in [-0.4, -0.2) is 55.4 Å². The third kappa shape index (κ3) is 5.20. The van der Waals surface area contributed by atoms with E-state index in [1.54, 1.807) is 0 Å². The molecule has 1 aromatic carbocycles. The average molecular weight is 533 g/mol. The predicted octanol–water partition coefficient (Wildman–Crippen LogP) is 3.94. The molecule has 0 bridgehead atoms. The number of carbonyl (C=O) groups is 1. The molecule has 1 saturated carbocycles. The van der Waals surface area contributed by atoms with Gasteiger partial charge in [0.15, 0.2) is 11.6 Å². The molecular formula is C25H27F3N6O2S. The van der Waals surface area contributed by atoms with E-state index in [1.165, 1.54) is 29.2 Å². The van der Waals surface area contributed by atoms with Crippen molar-refractivity contribution in [3.05, 3.63) is 60.3 Å². The molecule has 2 fully saturated rings. The molecule has 3 aromatic rings. The lowest BCUT2D eigenvalue weighted by Crippen LogP contribution is -2.39. The largest absolute Gasteiger partial charge is 0.370 e. The molecule has 2 atom stereocenters. The molecule has 1 amide bonds. The zero-order chi connectivity index (χ0) is 26.4. The zero-order valence-electron chi connectivity index (χ0n) is 19.9. The second-order valence-electron chi connectivity index (χ2n) is 9.65. The number of pyridine rings is 1. The molecule has 0 spiro atoms. The summed E-state index contributed by atoms with van der Waals surface area (Å²) in [7, 11) is -2.53. The molecule has 1 saturated heterocycles. The van der Waals surface area contributed by atoms with Crippen molar-refractivity contribution in [3.63, 3.8) is 0 Å². The summed E-state index contributed by atoms with van der Waals surface area (Å²) in [5, 5.41) is 4.48. The number of rotatable bonds is 5. The van der Waals surface area contributed by atoms with Gasteiger partial charge in [-0.15, -0.1) is 0 Å². The van der Waals surface area contributed by atoms with Crippen LogP contribution in [0.3, 0.4) is 0 Å². The van der Waals surface area contributed by atoms with E-state index in [2.05, 4.69) is 10.1 Å². The first kappa shape index (κ1) is 25.2. The summed E-state index contributed by atoms with van der Waals surface area (Å²) in [6, 6.07) is 10.00. The Labute approximate surface area is 212 Å². The Morgan fingerprint density at radius 1 is 1.16 bits per heavy atom. The van der Waals surface area contributed by atoms with Gasteiger partial charge >= 0.3 is 0 Å². The molecule has 3 N–H and O–H groups in total. The number of amides is 1. The number of benzene rings is 1. The predicted molar refractivity (Wildman–Crippen MR) is 134 cm³/mol. The lowest BCUT2D eigenvalue weighted by atomic mass is 9.74. The summed E-state index contributed by atoms with van der Waals surface area (Å²) in [6.45, 7) is 1.00. The molecule has 1 aliphatic heterocycles. The fourth-order valence-corrected chi connectivity index (χ4v) is 6.37. The molecule has 2 aliphatic rings. The number of primary amides is 1. The lowest BCUT2D eigenvalue weighted by Gasteiger charge is -2.34. The van der Waals surface area contributed by atoms with Gasteiger partial charge in [-0.05, 0) is 36.2 Å². The van der Waals surface area contributed by atoms with Gasteiger partial charge in [-0.2, -0.15) is 5.10 Å². The van der Waals surface area contributed by atoms with E-state index in [-0.39, 0.29) is 17.9 Å². The molecule has 37 heavy (non-hydrogen) atoms. The summed E-state index contributed by atoms with van der Waals surface area (Å²) >= 11 is 0. The number of halogens is 3. The Morgan fingerprint density at radius 2 is 1.86 bits per heavy atom. The normalized spacial score (nSPS) is 23.1.